The Labute approximate surface area is 107 Å². The minimum Gasteiger partial charge on any atom is -0.376 e. The lowest BCUT2D eigenvalue weighted by Crippen LogP contribution is -2.45. The van der Waals surface area contributed by atoms with Crippen LogP contribution in [-0.4, -0.2) is 37.6 Å². The predicted octanol–water partition coefficient (Wildman–Crippen LogP) is 0.364. The minimum absolute atomic E-state index is 0.112. The maximum atomic E-state index is 12.0. The summed E-state index contributed by atoms with van der Waals surface area (Å²) in [7, 11) is 0. The number of amides is 2. The van der Waals surface area contributed by atoms with E-state index in [0.717, 1.165) is 19.4 Å². The van der Waals surface area contributed by atoms with Crippen molar-refractivity contribution in [2.45, 2.75) is 31.8 Å². The van der Waals surface area contributed by atoms with E-state index in [9.17, 15) is 9.59 Å². The molecule has 2 N–H and O–H groups in total. The topological polar surface area (TPSA) is 67.4 Å². The first-order chi connectivity index (χ1) is 8.69. The molecule has 1 aliphatic heterocycles. The Morgan fingerprint density at radius 3 is 2.61 bits per heavy atom. The molecule has 0 aromatic rings. The van der Waals surface area contributed by atoms with Crippen molar-refractivity contribution >= 4 is 11.8 Å². The Balaban J connectivity index is 1.80. The Kier molecular flexibility index (Phi) is 4.01. The number of ether oxygens (including phenoxy) is 1. The van der Waals surface area contributed by atoms with Crippen molar-refractivity contribution < 1.29 is 14.3 Å². The zero-order valence-corrected chi connectivity index (χ0v) is 10.5. The third-order valence-corrected chi connectivity index (χ3v) is 3.54. The molecule has 100 valence electrons. The van der Waals surface area contributed by atoms with Crippen molar-refractivity contribution in [1.82, 2.24) is 10.6 Å². The van der Waals surface area contributed by atoms with Crippen molar-refractivity contribution in [3.63, 3.8) is 0 Å². The molecule has 1 heterocycles. The summed E-state index contributed by atoms with van der Waals surface area (Å²) in [5.74, 6) is -0.355. The number of nitrogens with one attached hydrogen (secondary N) is 2. The lowest BCUT2D eigenvalue weighted by Gasteiger charge is -2.16. The molecule has 0 spiro atoms. The van der Waals surface area contributed by atoms with Crippen LogP contribution in [0.5, 0.6) is 0 Å². The average molecular weight is 252 g/mol. The van der Waals surface area contributed by atoms with E-state index in [-0.39, 0.29) is 17.9 Å². The Morgan fingerprint density at radius 1 is 1.33 bits per heavy atom. The van der Waals surface area contributed by atoms with Gasteiger partial charge in [-0.05, 0) is 25.7 Å². The lowest BCUT2D eigenvalue weighted by atomic mass is 10.1. The number of carbonyl (C=O) groups is 2. The van der Waals surface area contributed by atoms with E-state index in [1.54, 1.807) is 6.08 Å². The fraction of sp³-hybridized carbons (Fsp3) is 0.692. The first-order valence-electron chi connectivity index (χ1n) is 6.48. The summed E-state index contributed by atoms with van der Waals surface area (Å²) in [5, 5.41) is 5.53. The summed E-state index contributed by atoms with van der Waals surface area (Å²) in [5.41, 5.74) is -0.832. The van der Waals surface area contributed by atoms with Crippen LogP contribution in [0.25, 0.3) is 0 Å². The van der Waals surface area contributed by atoms with Crippen LogP contribution >= 0.6 is 0 Å². The van der Waals surface area contributed by atoms with Crippen LogP contribution in [0.1, 0.15) is 25.7 Å². The van der Waals surface area contributed by atoms with Crippen LogP contribution in [-0.2, 0) is 14.3 Å². The highest BCUT2D eigenvalue weighted by atomic mass is 16.5. The maximum Gasteiger partial charge on any atom is 0.235 e. The lowest BCUT2D eigenvalue weighted by molar-refractivity contribution is -0.137. The third kappa shape index (κ3) is 2.72. The molecule has 1 aliphatic carbocycles. The Morgan fingerprint density at radius 2 is 2.06 bits per heavy atom. The van der Waals surface area contributed by atoms with Crippen LogP contribution < -0.4 is 10.6 Å². The molecule has 2 rings (SSSR count). The third-order valence-electron chi connectivity index (χ3n) is 3.54. The summed E-state index contributed by atoms with van der Waals surface area (Å²) in [4.78, 5) is 23.9. The zero-order valence-electron chi connectivity index (χ0n) is 10.5. The molecule has 18 heavy (non-hydrogen) atoms. The molecule has 0 bridgehead atoms. The fourth-order valence-electron chi connectivity index (χ4n) is 2.20. The van der Waals surface area contributed by atoms with E-state index in [4.69, 9.17) is 4.74 Å². The molecule has 0 aromatic heterocycles. The highest BCUT2D eigenvalue weighted by molar-refractivity contribution is 6.07. The molecule has 5 nitrogen and oxygen atoms in total. The Bertz CT molecular complexity index is 344. The largest absolute Gasteiger partial charge is 0.376 e. The molecule has 0 radical (unpaired) electrons. The molecule has 1 saturated carbocycles. The second-order valence-corrected chi connectivity index (χ2v) is 4.93. The molecule has 1 unspecified atom stereocenters. The second-order valence-electron chi connectivity index (χ2n) is 4.93. The van der Waals surface area contributed by atoms with Crippen LogP contribution in [0.2, 0.25) is 0 Å². The van der Waals surface area contributed by atoms with Crippen LogP contribution in [0.3, 0.4) is 0 Å². The van der Waals surface area contributed by atoms with Gasteiger partial charge < -0.3 is 15.4 Å². The van der Waals surface area contributed by atoms with E-state index in [0.29, 0.717) is 25.9 Å². The molecular formula is C13H20N2O3. The second kappa shape index (κ2) is 5.52. The van der Waals surface area contributed by atoms with Crippen molar-refractivity contribution in [2.75, 3.05) is 19.7 Å². The number of carbonyl (C=O) groups excluding carboxylic acids is 2. The molecule has 5 heteroatoms. The van der Waals surface area contributed by atoms with Gasteiger partial charge in [0.25, 0.3) is 0 Å². The van der Waals surface area contributed by atoms with Gasteiger partial charge in [-0.15, -0.1) is 6.58 Å². The smallest absolute Gasteiger partial charge is 0.235 e. The first-order valence-corrected chi connectivity index (χ1v) is 6.48. The van der Waals surface area contributed by atoms with E-state index >= 15 is 0 Å². The maximum absolute atomic E-state index is 12.0. The quantitative estimate of drug-likeness (QED) is 0.530. The van der Waals surface area contributed by atoms with Gasteiger partial charge in [-0.3, -0.25) is 9.59 Å². The van der Waals surface area contributed by atoms with Gasteiger partial charge in [-0.25, -0.2) is 0 Å². The molecule has 1 saturated heterocycles. The van der Waals surface area contributed by atoms with Gasteiger partial charge in [0.05, 0.1) is 6.10 Å². The molecular weight excluding hydrogens is 232 g/mol. The summed E-state index contributed by atoms with van der Waals surface area (Å²) in [6.07, 6.45) is 5.02. The van der Waals surface area contributed by atoms with Crippen molar-refractivity contribution in [3.8, 4) is 0 Å². The molecule has 2 fully saturated rings. The van der Waals surface area contributed by atoms with Crippen molar-refractivity contribution in [2.24, 2.45) is 5.41 Å². The van der Waals surface area contributed by atoms with Gasteiger partial charge in [0.1, 0.15) is 5.41 Å². The van der Waals surface area contributed by atoms with Gasteiger partial charge in [-0.2, -0.15) is 0 Å². The van der Waals surface area contributed by atoms with Gasteiger partial charge >= 0.3 is 0 Å². The molecule has 2 aliphatic rings. The molecule has 0 aromatic carbocycles. The monoisotopic (exact) mass is 252 g/mol. The minimum atomic E-state index is -0.832. The predicted molar refractivity (Wildman–Crippen MR) is 66.9 cm³/mol. The normalized spacial score (nSPS) is 24.3. The zero-order chi connectivity index (χ0) is 13.0. The Hall–Kier alpha value is -1.36. The van der Waals surface area contributed by atoms with E-state index in [2.05, 4.69) is 17.2 Å². The summed E-state index contributed by atoms with van der Waals surface area (Å²) < 4.78 is 5.43. The molecule has 1 atom stereocenters. The summed E-state index contributed by atoms with van der Waals surface area (Å²) in [6, 6.07) is 0. The van der Waals surface area contributed by atoms with E-state index in [1.807, 2.05) is 0 Å². The number of hydrogen-bond donors (Lipinski definition) is 2. The van der Waals surface area contributed by atoms with Gasteiger partial charge in [0.2, 0.25) is 11.8 Å². The highest BCUT2D eigenvalue weighted by Gasteiger charge is 2.56. The van der Waals surface area contributed by atoms with Gasteiger partial charge in [0.15, 0.2) is 0 Å². The van der Waals surface area contributed by atoms with E-state index in [1.165, 1.54) is 0 Å². The van der Waals surface area contributed by atoms with Gasteiger partial charge in [0, 0.05) is 19.7 Å². The standard InChI is InChI=1S/C13H20N2O3/c1-2-7-14-11(16)13(5-6-13)12(17)15-9-10-4-3-8-18-10/h2,10H,1,3-9H2,(H,14,16)(H,15,17). The van der Waals surface area contributed by atoms with E-state index < -0.39 is 5.41 Å². The highest BCUT2D eigenvalue weighted by Crippen LogP contribution is 2.46. The summed E-state index contributed by atoms with van der Waals surface area (Å²) in [6.45, 7) is 5.22. The SMILES string of the molecule is C=CCNC(=O)C1(C(=O)NCC2CCCO2)CC1. The fourth-order valence-corrected chi connectivity index (χ4v) is 2.20. The first kappa shape index (κ1) is 13.1. The molecule has 2 amide bonds. The van der Waals surface area contributed by atoms with Gasteiger partial charge in [-0.1, -0.05) is 6.08 Å². The van der Waals surface area contributed by atoms with Crippen LogP contribution in [0.15, 0.2) is 12.7 Å². The van der Waals surface area contributed by atoms with Crippen molar-refractivity contribution in [1.29, 1.82) is 0 Å². The average Bonchev–Trinajstić information content (AvgIpc) is 3.03. The van der Waals surface area contributed by atoms with Crippen LogP contribution in [0.4, 0.5) is 0 Å². The number of rotatable bonds is 6. The summed E-state index contributed by atoms with van der Waals surface area (Å²) >= 11 is 0. The van der Waals surface area contributed by atoms with Crippen molar-refractivity contribution in [3.05, 3.63) is 12.7 Å². The van der Waals surface area contributed by atoms with Crippen LogP contribution in [0, 0.1) is 5.41 Å². The number of hydrogen-bond acceptors (Lipinski definition) is 3.